The molecule has 0 aliphatic carbocycles. The van der Waals surface area contributed by atoms with Crippen molar-refractivity contribution in [3.05, 3.63) is 97.5 Å². The molecule has 0 unspecified atom stereocenters. The molecule has 0 spiro atoms. The Bertz CT molecular complexity index is 1190. The Morgan fingerprint density at radius 1 is 1.16 bits per heavy atom. The molecule has 0 N–H and O–H groups in total. The Labute approximate surface area is 189 Å². The predicted octanol–water partition coefficient (Wildman–Crippen LogP) is 6.55. The molecule has 0 aliphatic rings. The highest BCUT2D eigenvalue weighted by Gasteiger charge is 2.14. The smallest absolute Gasteiger partial charge is 0.269 e. The minimum absolute atomic E-state index is 0.0223. The van der Waals surface area contributed by atoms with Crippen LogP contribution in [0, 0.1) is 21.4 Å². The molecule has 0 saturated carbocycles. The van der Waals surface area contributed by atoms with Crippen molar-refractivity contribution in [3.8, 4) is 17.6 Å². The molecule has 0 bridgehead atoms. The summed E-state index contributed by atoms with van der Waals surface area (Å²) in [5, 5.41) is 21.3. The molecule has 3 aromatic rings. The van der Waals surface area contributed by atoms with Crippen LogP contribution in [0.5, 0.6) is 11.5 Å². The minimum Gasteiger partial charge on any atom is -0.493 e. The maximum Gasteiger partial charge on any atom is 0.269 e. The number of nitro groups is 1. The van der Waals surface area contributed by atoms with Crippen LogP contribution in [0.2, 0.25) is 10.0 Å². The van der Waals surface area contributed by atoms with E-state index in [1.54, 1.807) is 54.6 Å². The number of halogens is 2. The number of nitro benzene ring substituents is 1. The number of nitrogens with zero attached hydrogens (tertiary/aromatic N) is 2. The molecular weight excluding hydrogens is 439 g/mol. The Morgan fingerprint density at radius 3 is 2.55 bits per heavy atom. The number of allylic oxidation sites excluding steroid dienone is 1. The highest BCUT2D eigenvalue weighted by Crippen LogP contribution is 2.38. The lowest BCUT2D eigenvalue weighted by molar-refractivity contribution is -0.384. The maximum absolute atomic E-state index is 10.9. The SMILES string of the molecule is COc1cc(C=C(C#N)c2ccc(Cl)cc2)cc(Cl)c1OCc1cccc([N+](=O)[O-])c1. The highest BCUT2D eigenvalue weighted by atomic mass is 35.5. The van der Waals surface area contributed by atoms with Crippen molar-refractivity contribution in [1.29, 1.82) is 5.26 Å². The van der Waals surface area contributed by atoms with Gasteiger partial charge in [-0.1, -0.05) is 47.5 Å². The number of hydrogen-bond acceptors (Lipinski definition) is 5. The maximum atomic E-state index is 10.9. The van der Waals surface area contributed by atoms with E-state index in [4.69, 9.17) is 32.7 Å². The summed E-state index contributed by atoms with van der Waals surface area (Å²) in [5.41, 5.74) is 2.39. The van der Waals surface area contributed by atoms with Crippen LogP contribution in [0.3, 0.4) is 0 Å². The van der Waals surface area contributed by atoms with Crippen molar-refractivity contribution in [2.75, 3.05) is 7.11 Å². The zero-order chi connectivity index (χ0) is 22.4. The van der Waals surface area contributed by atoms with E-state index in [-0.39, 0.29) is 17.3 Å². The summed E-state index contributed by atoms with van der Waals surface area (Å²) in [4.78, 5) is 10.5. The summed E-state index contributed by atoms with van der Waals surface area (Å²) in [5.74, 6) is 0.676. The molecule has 0 heterocycles. The van der Waals surface area contributed by atoms with Gasteiger partial charge in [-0.2, -0.15) is 5.26 Å². The van der Waals surface area contributed by atoms with Crippen molar-refractivity contribution in [2.24, 2.45) is 0 Å². The minimum atomic E-state index is -0.467. The number of methoxy groups -OCH3 is 1. The van der Waals surface area contributed by atoms with Gasteiger partial charge in [0.25, 0.3) is 5.69 Å². The molecule has 8 heteroatoms. The van der Waals surface area contributed by atoms with Crippen LogP contribution in [0.4, 0.5) is 5.69 Å². The van der Waals surface area contributed by atoms with Gasteiger partial charge in [0.2, 0.25) is 0 Å². The molecule has 3 aromatic carbocycles. The van der Waals surface area contributed by atoms with E-state index >= 15 is 0 Å². The predicted molar refractivity (Wildman–Crippen MR) is 120 cm³/mol. The molecule has 0 aromatic heterocycles. The van der Waals surface area contributed by atoms with Crippen LogP contribution in [-0.4, -0.2) is 12.0 Å². The second-order valence-corrected chi connectivity index (χ2v) is 7.27. The first-order valence-electron chi connectivity index (χ1n) is 9.02. The van der Waals surface area contributed by atoms with E-state index in [9.17, 15) is 15.4 Å². The summed E-state index contributed by atoms with van der Waals surface area (Å²) in [6.45, 7) is 0.0706. The van der Waals surface area contributed by atoms with Crippen molar-refractivity contribution < 1.29 is 14.4 Å². The van der Waals surface area contributed by atoms with Gasteiger partial charge in [-0.05, 0) is 47.0 Å². The summed E-state index contributed by atoms with van der Waals surface area (Å²) < 4.78 is 11.2. The molecule has 0 atom stereocenters. The highest BCUT2D eigenvalue weighted by molar-refractivity contribution is 6.32. The van der Waals surface area contributed by atoms with E-state index in [1.807, 2.05) is 0 Å². The standard InChI is InChI=1S/C23H16Cl2N2O4/c1-30-22-12-16(9-18(13-26)17-5-7-19(24)8-6-17)11-21(25)23(22)31-14-15-3-2-4-20(10-15)27(28)29/h2-12H,14H2,1H3. The fourth-order valence-corrected chi connectivity index (χ4v) is 3.25. The third-order valence-electron chi connectivity index (χ3n) is 4.34. The largest absolute Gasteiger partial charge is 0.493 e. The number of ether oxygens (including phenoxy) is 2. The Balaban J connectivity index is 1.88. The number of non-ortho nitro benzene ring substituents is 1. The van der Waals surface area contributed by atoms with Crippen molar-refractivity contribution in [2.45, 2.75) is 6.61 Å². The van der Waals surface area contributed by atoms with Gasteiger partial charge in [-0.3, -0.25) is 10.1 Å². The van der Waals surface area contributed by atoms with E-state index in [2.05, 4.69) is 6.07 Å². The van der Waals surface area contributed by atoms with Gasteiger partial charge in [-0.25, -0.2) is 0 Å². The van der Waals surface area contributed by atoms with E-state index in [1.165, 1.54) is 19.2 Å². The number of hydrogen-bond donors (Lipinski definition) is 0. The first kappa shape index (κ1) is 22.2. The fourth-order valence-electron chi connectivity index (χ4n) is 2.85. The van der Waals surface area contributed by atoms with Gasteiger partial charge in [-0.15, -0.1) is 0 Å². The van der Waals surface area contributed by atoms with E-state index in [0.717, 1.165) is 0 Å². The summed E-state index contributed by atoms with van der Waals surface area (Å²) in [6.07, 6.45) is 1.68. The van der Waals surface area contributed by atoms with Crippen LogP contribution >= 0.6 is 23.2 Å². The number of benzene rings is 3. The second-order valence-electron chi connectivity index (χ2n) is 6.43. The van der Waals surface area contributed by atoms with Gasteiger partial charge in [0, 0.05) is 17.2 Å². The first-order valence-corrected chi connectivity index (χ1v) is 9.78. The number of rotatable bonds is 7. The topological polar surface area (TPSA) is 85.4 Å². The zero-order valence-electron chi connectivity index (χ0n) is 16.3. The Kier molecular flexibility index (Phi) is 7.14. The summed E-state index contributed by atoms with van der Waals surface area (Å²) in [6, 6.07) is 18.6. The normalized spacial score (nSPS) is 11.0. The van der Waals surface area contributed by atoms with Crippen molar-refractivity contribution in [3.63, 3.8) is 0 Å². The van der Waals surface area contributed by atoms with Crippen molar-refractivity contribution >= 4 is 40.5 Å². The zero-order valence-corrected chi connectivity index (χ0v) is 17.9. The van der Waals surface area contributed by atoms with Gasteiger partial charge >= 0.3 is 0 Å². The molecule has 156 valence electrons. The summed E-state index contributed by atoms with van der Waals surface area (Å²) in [7, 11) is 1.48. The lowest BCUT2D eigenvalue weighted by Crippen LogP contribution is -2.00. The molecule has 0 radical (unpaired) electrons. The van der Waals surface area contributed by atoms with Gasteiger partial charge in [0.05, 0.1) is 28.7 Å². The van der Waals surface area contributed by atoms with Gasteiger partial charge in [0.15, 0.2) is 11.5 Å². The molecule has 0 fully saturated rings. The van der Waals surface area contributed by atoms with Crippen LogP contribution < -0.4 is 9.47 Å². The van der Waals surface area contributed by atoms with Gasteiger partial charge < -0.3 is 9.47 Å². The quantitative estimate of drug-likeness (QED) is 0.174. The molecule has 0 aliphatic heterocycles. The van der Waals surface area contributed by atoms with Gasteiger partial charge in [0.1, 0.15) is 6.61 Å². The molecule has 31 heavy (non-hydrogen) atoms. The van der Waals surface area contributed by atoms with Crippen LogP contribution in [0.15, 0.2) is 60.7 Å². The van der Waals surface area contributed by atoms with Crippen LogP contribution in [-0.2, 0) is 6.61 Å². The Morgan fingerprint density at radius 2 is 1.90 bits per heavy atom. The second kappa shape index (κ2) is 9.98. The van der Waals surface area contributed by atoms with Crippen LogP contribution in [0.25, 0.3) is 11.6 Å². The molecule has 6 nitrogen and oxygen atoms in total. The lowest BCUT2D eigenvalue weighted by Gasteiger charge is -2.13. The molecule has 0 amide bonds. The first-order chi connectivity index (χ1) is 14.9. The lowest BCUT2D eigenvalue weighted by atomic mass is 10.0. The van der Waals surface area contributed by atoms with E-state index < -0.39 is 4.92 Å². The average Bonchev–Trinajstić information content (AvgIpc) is 2.77. The average molecular weight is 455 g/mol. The summed E-state index contributed by atoms with van der Waals surface area (Å²) >= 11 is 12.3. The van der Waals surface area contributed by atoms with Crippen molar-refractivity contribution in [1.82, 2.24) is 0 Å². The Hall–Kier alpha value is -3.53. The van der Waals surface area contributed by atoms with Crippen LogP contribution in [0.1, 0.15) is 16.7 Å². The molecular formula is C23H16Cl2N2O4. The fraction of sp³-hybridized carbons (Fsp3) is 0.0870. The molecule has 0 saturated heterocycles. The monoisotopic (exact) mass is 454 g/mol. The number of nitriles is 1. The molecule has 3 rings (SSSR count). The third-order valence-corrected chi connectivity index (χ3v) is 4.88. The third kappa shape index (κ3) is 5.54. The van der Waals surface area contributed by atoms with E-state index in [0.29, 0.717) is 38.8 Å².